The van der Waals surface area contributed by atoms with Gasteiger partial charge in [0.2, 0.25) is 0 Å². The quantitative estimate of drug-likeness (QED) is 0.192. The highest BCUT2D eigenvalue weighted by Gasteiger charge is 2.25. The third kappa shape index (κ3) is 8.03. The number of nitrogens with zero attached hydrogens (tertiary/aromatic N) is 1. The fourth-order valence-electron chi connectivity index (χ4n) is 0.703. The minimum atomic E-state index is -3.94. The number of hydrogen-bond acceptors (Lipinski definition) is 6. The number of rotatable bonds is 6. The van der Waals surface area contributed by atoms with Gasteiger partial charge in [-0.2, -0.15) is 0 Å². The van der Waals surface area contributed by atoms with E-state index in [0.717, 1.165) is 0 Å². The van der Waals surface area contributed by atoms with Crippen LogP contribution in [0.25, 0.3) is 0 Å². The highest BCUT2D eigenvalue weighted by Crippen LogP contribution is 2.00. The minimum absolute atomic E-state index is 0.0827. The number of aliphatic imine (C=N–C) groups is 1. The number of hydrogen-bond donors (Lipinski definition) is 5. The SMILES string of the molecule is OCC(CO)=NCCC[Si](O)(O)O. The maximum atomic E-state index is 8.60. The molecule has 6 nitrogen and oxygen atoms in total. The van der Waals surface area contributed by atoms with Gasteiger partial charge in [0.25, 0.3) is 0 Å². The highest BCUT2D eigenvalue weighted by atomic mass is 28.4. The molecule has 0 spiro atoms. The number of aliphatic hydroxyl groups excluding tert-OH is 2. The van der Waals surface area contributed by atoms with E-state index in [1.54, 1.807) is 0 Å². The summed E-state index contributed by atoms with van der Waals surface area (Å²) in [6, 6.07) is -0.0827. The molecule has 0 aromatic carbocycles. The molecule has 0 rings (SSSR count). The Hall–Kier alpha value is -0.313. The molecule has 7 heteroatoms. The van der Waals surface area contributed by atoms with Crippen LogP contribution in [0.1, 0.15) is 6.42 Å². The van der Waals surface area contributed by atoms with Crippen LogP contribution in [0.15, 0.2) is 4.99 Å². The van der Waals surface area contributed by atoms with Gasteiger partial charge in [0.15, 0.2) is 0 Å². The van der Waals surface area contributed by atoms with Crippen LogP contribution in [0.5, 0.6) is 0 Å². The van der Waals surface area contributed by atoms with Crippen molar-refractivity contribution in [3.8, 4) is 0 Å². The first-order valence-corrected chi connectivity index (χ1v) is 5.95. The lowest BCUT2D eigenvalue weighted by Gasteiger charge is -2.07. The van der Waals surface area contributed by atoms with E-state index < -0.39 is 8.80 Å². The Labute approximate surface area is 77.2 Å². The molecule has 13 heavy (non-hydrogen) atoms. The Bertz CT molecular complexity index is 161. The van der Waals surface area contributed by atoms with Gasteiger partial charge in [-0.3, -0.25) is 4.99 Å². The summed E-state index contributed by atoms with van der Waals surface area (Å²) in [5, 5.41) is 17.1. The second-order valence-electron chi connectivity index (χ2n) is 2.64. The predicted molar refractivity (Wildman–Crippen MR) is 48.3 cm³/mol. The zero-order valence-corrected chi connectivity index (χ0v) is 8.22. The summed E-state index contributed by atoms with van der Waals surface area (Å²) in [5.74, 6) is 0. The summed E-state index contributed by atoms with van der Waals surface area (Å²) >= 11 is 0. The van der Waals surface area contributed by atoms with Crippen molar-refractivity contribution >= 4 is 14.5 Å². The van der Waals surface area contributed by atoms with E-state index in [1.807, 2.05) is 0 Å². The molecule has 0 aromatic rings. The molecule has 0 bridgehead atoms. The molecule has 0 unspecified atom stereocenters. The van der Waals surface area contributed by atoms with Crippen molar-refractivity contribution in [2.24, 2.45) is 4.99 Å². The van der Waals surface area contributed by atoms with Gasteiger partial charge in [-0.05, 0) is 6.42 Å². The fourth-order valence-corrected chi connectivity index (χ4v) is 1.34. The smallest absolute Gasteiger partial charge is 0.390 e. The van der Waals surface area contributed by atoms with Crippen molar-refractivity contribution in [1.29, 1.82) is 0 Å². The lowest BCUT2D eigenvalue weighted by atomic mass is 10.4. The average Bonchev–Trinajstić information content (AvgIpc) is 2.03. The summed E-state index contributed by atoms with van der Waals surface area (Å²) in [5.41, 5.74) is 0.251. The normalized spacial score (nSPS) is 11.5. The van der Waals surface area contributed by atoms with E-state index >= 15 is 0 Å². The molecule has 0 atom stereocenters. The lowest BCUT2D eigenvalue weighted by molar-refractivity contribution is 0.227. The second kappa shape index (κ2) is 6.19. The first kappa shape index (κ1) is 12.7. The summed E-state index contributed by atoms with van der Waals surface area (Å²) in [6.45, 7) is -0.361. The Morgan fingerprint density at radius 3 is 2.00 bits per heavy atom. The second-order valence-corrected chi connectivity index (χ2v) is 4.69. The van der Waals surface area contributed by atoms with Gasteiger partial charge in [-0.1, -0.05) is 0 Å². The Balaban J connectivity index is 3.60. The molecule has 0 heterocycles. The van der Waals surface area contributed by atoms with Gasteiger partial charge in [0, 0.05) is 12.6 Å². The molecule has 0 amide bonds. The highest BCUT2D eigenvalue weighted by molar-refractivity contribution is 6.56. The Morgan fingerprint density at radius 1 is 1.08 bits per heavy atom. The van der Waals surface area contributed by atoms with Crippen LogP contribution in [0.3, 0.4) is 0 Å². The minimum Gasteiger partial charge on any atom is -0.390 e. The first-order chi connectivity index (χ1) is 5.99. The van der Waals surface area contributed by atoms with E-state index in [1.165, 1.54) is 0 Å². The Kier molecular flexibility index (Phi) is 6.04. The molecular formula is C6H15NO5Si. The molecule has 0 radical (unpaired) electrons. The van der Waals surface area contributed by atoms with Crippen molar-refractivity contribution in [2.75, 3.05) is 19.8 Å². The molecule has 0 aliphatic heterocycles. The zero-order chi connectivity index (χ0) is 10.3. The van der Waals surface area contributed by atoms with Crippen molar-refractivity contribution < 1.29 is 24.6 Å². The standard InChI is InChI=1S/C6H15NO5Si/c8-4-6(5-9)7-2-1-3-13(10,11)12/h8-12H,1-5H2. The van der Waals surface area contributed by atoms with Crippen molar-refractivity contribution in [1.82, 2.24) is 0 Å². The molecule has 0 aliphatic rings. The summed E-state index contributed by atoms with van der Waals surface area (Å²) < 4.78 is 0. The average molecular weight is 209 g/mol. The molecule has 0 aliphatic carbocycles. The molecule has 0 saturated carbocycles. The van der Waals surface area contributed by atoms with E-state index in [4.69, 9.17) is 24.6 Å². The van der Waals surface area contributed by atoms with Crippen LogP contribution in [0.4, 0.5) is 0 Å². The van der Waals surface area contributed by atoms with Crippen LogP contribution >= 0.6 is 0 Å². The van der Waals surface area contributed by atoms with Gasteiger partial charge >= 0.3 is 8.80 Å². The largest absolute Gasteiger partial charge is 0.492 e. The summed E-state index contributed by atoms with van der Waals surface area (Å²) in [4.78, 5) is 29.6. The number of aliphatic hydroxyl groups is 2. The van der Waals surface area contributed by atoms with E-state index in [2.05, 4.69) is 4.99 Å². The fraction of sp³-hybridized carbons (Fsp3) is 0.833. The Morgan fingerprint density at radius 2 is 1.62 bits per heavy atom. The van der Waals surface area contributed by atoms with E-state index in [0.29, 0.717) is 6.42 Å². The zero-order valence-electron chi connectivity index (χ0n) is 7.22. The molecule has 0 saturated heterocycles. The van der Waals surface area contributed by atoms with E-state index in [-0.39, 0.29) is 31.5 Å². The molecule has 0 aromatic heterocycles. The van der Waals surface area contributed by atoms with Gasteiger partial charge in [0.05, 0.1) is 18.9 Å². The maximum absolute atomic E-state index is 8.60. The van der Waals surface area contributed by atoms with Gasteiger partial charge in [-0.25, -0.2) is 0 Å². The van der Waals surface area contributed by atoms with Crippen LogP contribution in [-0.2, 0) is 0 Å². The molecule has 78 valence electrons. The van der Waals surface area contributed by atoms with E-state index in [9.17, 15) is 0 Å². The van der Waals surface area contributed by atoms with Crippen LogP contribution < -0.4 is 0 Å². The maximum Gasteiger partial charge on any atom is 0.492 e. The molecule has 5 N–H and O–H groups in total. The third-order valence-electron chi connectivity index (χ3n) is 1.37. The molecular weight excluding hydrogens is 194 g/mol. The van der Waals surface area contributed by atoms with Gasteiger partial charge < -0.3 is 24.6 Å². The predicted octanol–water partition coefficient (Wildman–Crippen LogP) is -2.28. The van der Waals surface area contributed by atoms with Gasteiger partial charge in [-0.15, -0.1) is 0 Å². The molecule has 0 fully saturated rings. The third-order valence-corrected chi connectivity index (χ3v) is 2.40. The van der Waals surface area contributed by atoms with Crippen molar-refractivity contribution in [2.45, 2.75) is 12.5 Å². The van der Waals surface area contributed by atoms with Crippen molar-refractivity contribution in [3.63, 3.8) is 0 Å². The van der Waals surface area contributed by atoms with Crippen LogP contribution in [-0.4, -0.2) is 58.9 Å². The lowest BCUT2D eigenvalue weighted by Crippen LogP contribution is -2.34. The summed E-state index contributed by atoms with van der Waals surface area (Å²) in [7, 11) is -3.94. The van der Waals surface area contributed by atoms with Crippen molar-refractivity contribution in [3.05, 3.63) is 0 Å². The van der Waals surface area contributed by atoms with Crippen LogP contribution in [0, 0.1) is 0 Å². The first-order valence-electron chi connectivity index (χ1n) is 3.90. The topological polar surface area (TPSA) is 114 Å². The van der Waals surface area contributed by atoms with Crippen LogP contribution in [0.2, 0.25) is 6.04 Å². The monoisotopic (exact) mass is 209 g/mol. The summed E-state index contributed by atoms with van der Waals surface area (Å²) in [6.07, 6.45) is 0.319. The van der Waals surface area contributed by atoms with Gasteiger partial charge in [0.1, 0.15) is 0 Å².